The molecule has 0 saturated carbocycles. The first-order valence-corrected chi connectivity index (χ1v) is 10.2. The molecule has 2 amide bonds. The molecule has 2 heterocycles. The number of ether oxygens (including phenoxy) is 1. The van der Waals surface area contributed by atoms with Gasteiger partial charge in [-0.2, -0.15) is 0 Å². The summed E-state index contributed by atoms with van der Waals surface area (Å²) in [7, 11) is 0. The van der Waals surface area contributed by atoms with Crippen LogP contribution in [0.25, 0.3) is 0 Å². The van der Waals surface area contributed by atoms with Crippen molar-refractivity contribution in [3.63, 3.8) is 0 Å². The van der Waals surface area contributed by atoms with E-state index in [-0.39, 0.29) is 12.0 Å². The molecule has 7 nitrogen and oxygen atoms in total. The summed E-state index contributed by atoms with van der Waals surface area (Å²) in [5, 5.41) is 0. The van der Waals surface area contributed by atoms with Crippen molar-refractivity contribution in [3.05, 3.63) is 29.3 Å². The van der Waals surface area contributed by atoms with Crippen molar-refractivity contribution in [2.24, 2.45) is 0 Å². The maximum atomic E-state index is 12.7. The Balaban J connectivity index is 1.44. The van der Waals surface area contributed by atoms with Crippen LogP contribution in [0.4, 0.5) is 10.5 Å². The van der Waals surface area contributed by atoms with E-state index in [1.807, 2.05) is 4.90 Å². The smallest absolute Gasteiger partial charge is 0.409 e. The number of hydrogen-bond acceptors (Lipinski definition) is 5. The van der Waals surface area contributed by atoms with Crippen molar-refractivity contribution in [3.8, 4) is 0 Å². The van der Waals surface area contributed by atoms with Gasteiger partial charge in [-0.3, -0.25) is 9.69 Å². The zero-order chi connectivity index (χ0) is 20.1. The Kier molecular flexibility index (Phi) is 6.78. The SMILES string of the molecule is CCOC(=O)N1CCN(C(=O)CN2CCN(c3cccc(C)c3C)CC2)CC1. The van der Waals surface area contributed by atoms with Crippen LogP contribution in [-0.2, 0) is 9.53 Å². The Bertz CT molecular complexity index is 693. The number of anilines is 1. The highest BCUT2D eigenvalue weighted by Crippen LogP contribution is 2.23. The van der Waals surface area contributed by atoms with Gasteiger partial charge in [-0.15, -0.1) is 0 Å². The van der Waals surface area contributed by atoms with Gasteiger partial charge >= 0.3 is 6.09 Å². The quantitative estimate of drug-likeness (QED) is 0.786. The molecule has 0 unspecified atom stereocenters. The first-order chi connectivity index (χ1) is 13.5. The Hall–Kier alpha value is -2.28. The van der Waals surface area contributed by atoms with E-state index in [1.54, 1.807) is 11.8 Å². The lowest BCUT2D eigenvalue weighted by atomic mass is 10.1. The summed E-state index contributed by atoms with van der Waals surface area (Å²) in [5.41, 5.74) is 3.96. The molecule has 154 valence electrons. The normalized spacial score (nSPS) is 18.3. The van der Waals surface area contributed by atoms with Crippen LogP contribution in [0.3, 0.4) is 0 Å². The molecule has 0 aliphatic carbocycles. The van der Waals surface area contributed by atoms with Gasteiger partial charge in [0.25, 0.3) is 0 Å². The fourth-order valence-electron chi connectivity index (χ4n) is 3.87. The molecule has 1 aromatic carbocycles. The van der Waals surface area contributed by atoms with Crippen molar-refractivity contribution in [1.29, 1.82) is 0 Å². The lowest BCUT2D eigenvalue weighted by Crippen LogP contribution is -2.54. The van der Waals surface area contributed by atoms with E-state index in [0.717, 1.165) is 26.2 Å². The minimum absolute atomic E-state index is 0.156. The molecule has 0 aromatic heterocycles. The lowest BCUT2D eigenvalue weighted by molar-refractivity contribution is -0.134. The first-order valence-electron chi connectivity index (χ1n) is 10.2. The van der Waals surface area contributed by atoms with E-state index in [0.29, 0.717) is 39.3 Å². The Morgan fingerprint density at radius 3 is 2.21 bits per heavy atom. The highest BCUT2D eigenvalue weighted by atomic mass is 16.6. The molecular formula is C21H32N4O3. The highest BCUT2D eigenvalue weighted by molar-refractivity contribution is 5.79. The average Bonchev–Trinajstić information content (AvgIpc) is 2.71. The molecule has 2 aliphatic rings. The number of benzene rings is 1. The molecule has 28 heavy (non-hydrogen) atoms. The summed E-state index contributed by atoms with van der Waals surface area (Å²) in [6.07, 6.45) is -0.280. The van der Waals surface area contributed by atoms with Gasteiger partial charge in [0.1, 0.15) is 0 Å². The third-order valence-corrected chi connectivity index (χ3v) is 5.81. The Labute approximate surface area is 167 Å². The number of carbonyl (C=O) groups excluding carboxylic acids is 2. The standard InChI is InChI=1S/C21H32N4O3/c1-4-28-21(27)25-14-12-24(13-15-25)20(26)16-22-8-10-23(11-9-22)19-7-5-6-17(2)18(19)3/h5-7H,4,8-16H2,1-3H3. The summed E-state index contributed by atoms with van der Waals surface area (Å²) in [6, 6.07) is 6.45. The highest BCUT2D eigenvalue weighted by Gasteiger charge is 2.27. The van der Waals surface area contributed by atoms with E-state index < -0.39 is 0 Å². The maximum Gasteiger partial charge on any atom is 0.409 e. The molecule has 0 bridgehead atoms. The molecule has 0 atom stereocenters. The number of aryl methyl sites for hydroxylation is 1. The van der Waals surface area contributed by atoms with Crippen LogP contribution in [0.1, 0.15) is 18.1 Å². The average molecular weight is 389 g/mol. The van der Waals surface area contributed by atoms with E-state index >= 15 is 0 Å². The van der Waals surface area contributed by atoms with Gasteiger partial charge in [0, 0.05) is 58.0 Å². The zero-order valence-electron chi connectivity index (χ0n) is 17.3. The minimum Gasteiger partial charge on any atom is -0.450 e. The fourth-order valence-corrected chi connectivity index (χ4v) is 3.87. The molecule has 0 radical (unpaired) electrons. The molecule has 1 aromatic rings. The monoisotopic (exact) mass is 388 g/mol. The van der Waals surface area contributed by atoms with Crippen molar-refractivity contribution in [2.75, 3.05) is 70.4 Å². The van der Waals surface area contributed by atoms with Gasteiger partial charge in [0.2, 0.25) is 5.91 Å². The second-order valence-electron chi connectivity index (χ2n) is 7.55. The molecular weight excluding hydrogens is 356 g/mol. The predicted molar refractivity (Wildman–Crippen MR) is 110 cm³/mol. The third-order valence-electron chi connectivity index (χ3n) is 5.81. The van der Waals surface area contributed by atoms with Gasteiger partial charge in [0.05, 0.1) is 13.2 Å². The zero-order valence-corrected chi connectivity index (χ0v) is 17.3. The second kappa shape index (κ2) is 9.28. The van der Waals surface area contributed by atoms with E-state index in [2.05, 4.69) is 41.8 Å². The summed E-state index contributed by atoms with van der Waals surface area (Å²) >= 11 is 0. The predicted octanol–water partition coefficient (Wildman–Crippen LogP) is 1.73. The van der Waals surface area contributed by atoms with Gasteiger partial charge in [-0.25, -0.2) is 4.79 Å². The van der Waals surface area contributed by atoms with Crippen molar-refractivity contribution in [2.45, 2.75) is 20.8 Å². The lowest BCUT2D eigenvalue weighted by Gasteiger charge is -2.38. The van der Waals surface area contributed by atoms with E-state index in [4.69, 9.17) is 4.74 Å². The number of nitrogens with zero attached hydrogens (tertiary/aromatic N) is 4. The number of amides is 2. The Morgan fingerprint density at radius 1 is 0.929 bits per heavy atom. The van der Waals surface area contributed by atoms with E-state index in [1.165, 1.54) is 16.8 Å². The first kappa shape index (κ1) is 20.5. The van der Waals surface area contributed by atoms with Crippen LogP contribution in [0.2, 0.25) is 0 Å². The summed E-state index contributed by atoms with van der Waals surface area (Å²) < 4.78 is 5.03. The third kappa shape index (κ3) is 4.76. The molecule has 3 rings (SSSR count). The Morgan fingerprint density at radius 2 is 1.57 bits per heavy atom. The van der Waals surface area contributed by atoms with Crippen molar-refractivity contribution >= 4 is 17.7 Å². The number of carbonyl (C=O) groups is 2. The molecule has 2 saturated heterocycles. The van der Waals surface area contributed by atoms with Crippen LogP contribution < -0.4 is 4.90 Å². The van der Waals surface area contributed by atoms with Gasteiger partial charge in [0.15, 0.2) is 0 Å². The van der Waals surface area contributed by atoms with E-state index in [9.17, 15) is 9.59 Å². The van der Waals surface area contributed by atoms with Crippen molar-refractivity contribution in [1.82, 2.24) is 14.7 Å². The van der Waals surface area contributed by atoms with Gasteiger partial charge in [-0.1, -0.05) is 12.1 Å². The summed E-state index contributed by atoms with van der Waals surface area (Å²) in [4.78, 5) is 32.6. The van der Waals surface area contributed by atoms with Gasteiger partial charge < -0.3 is 19.4 Å². The van der Waals surface area contributed by atoms with Gasteiger partial charge in [-0.05, 0) is 38.0 Å². The second-order valence-corrected chi connectivity index (χ2v) is 7.55. The van der Waals surface area contributed by atoms with Crippen LogP contribution in [0.5, 0.6) is 0 Å². The molecule has 0 N–H and O–H groups in total. The molecule has 2 fully saturated rings. The van der Waals surface area contributed by atoms with Crippen LogP contribution in [-0.4, -0.2) is 92.2 Å². The largest absolute Gasteiger partial charge is 0.450 e. The number of hydrogen-bond donors (Lipinski definition) is 0. The fraction of sp³-hybridized carbons (Fsp3) is 0.619. The van der Waals surface area contributed by atoms with Crippen LogP contribution >= 0.6 is 0 Å². The minimum atomic E-state index is -0.280. The topological polar surface area (TPSA) is 56.3 Å². The summed E-state index contributed by atoms with van der Waals surface area (Å²) in [6.45, 7) is 12.9. The number of piperazine rings is 2. The molecule has 2 aliphatic heterocycles. The maximum absolute atomic E-state index is 12.7. The van der Waals surface area contributed by atoms with Crippen LogP contribution in [0.15, 0.2) is 18.2 Å². The molecule has 0 spiro atoms. The van der Waals surface area contributed by atoms with Crippen LogP contribution in [0, 0.1) is 13.8 Å². The molecule has 7 heteroatoms. The summed E-state index contributed by atoms with van der Waals surface area (Å²) in [5.74, 6) is 0.156. The number of rotatable bonds is 4. The van der Waals surface area contributed by atoms with Crippen molar-refractivity contribution < 1.29 is 14.3 Å².